The number of hydrogen-bond acceptors (Lipinski definition) is 2. The summed E-state index contributed by atoms with van der Waals surface area (Å²) in [6.45, 7) is 6.07. The van der Waals surface area contributed by atoms with E-state index in [1.807, 2.05) is 20.8 Å². The molecule has 1 aromatic rings. The van der Waals surface area contributed by atoms with E-state index in [9.17, 15) is 31.4 Å². The summed E-state index contributed by atoms with van der Waals surface area (Å²) in [5.41, 5.74) is -0.0823. The van der Waals surface area contributed by atoms with E-state index in [4.69, 9.17) is 5.73 Å². The summed E-state index contributed by atoms with van der Waals surface area (Å²) in [4.78, 5) is 0. The average Bonchev–Trinajstić information content (AvgIpc) is 2.40. The average molecular weight is 357 g/mol. The van der Waals surface area contributed by atoms with E-state index in [-0.39, 0.29) is 17.9 Å². The predicted octanol–water partition coefficient (Wildman–Crippen LogP) is 4.48. The molecule has 0 aliphatic carbocycles. The van der Waals surface area contributed by atoms with Crippen LogP contribution in [0.1, 0.15) is 44.2 Å². The van der Waals surface area contributed by atoms with Crippen molar-refractivity contribution in [2.24, 2.45) is 11.1 Å². The molecule has 0 saturated heterocycles. The fourth-order valence-corrected chi connectivity index (χ4v) is 2.56. The summed E-state index contributed by atoms with van der Waals surface area (Å²) in [7, 11) is 0. The van der Waals surface area contributed by atoms with Crippen molar-refractivity contribution < 1.29 is 31.4 Å². The van der Waals surface area contributed by atoms with Crippen LogP contribution in [0.15, 0.2) is 24.3 Å². The van der Waals surface area contributed by atoms with Crippen molar-refractivity contribution >= 4 is 0 Å². The predicted molar refractivity (Wildman–Crippen MR) is 78.3 cm³/mol. The number of benzene rings is 1. The molecule has 3 N–H and O–H groups in total. The number of rotatable bonds is 4. The van der Waals surface area contributed by atoms with Crippen LogP contribution in [0.5, 0.6) is 0 Å². The first-order chi connectivity index (χ1) is 10.6. The van der Waals surface area contributed by atoms with Gasteiger partial charge in [-0.25, -0.2) is 0 Å². The zero-order valence-electron chi connectivity index (χ0n) is 13.6. The fourth-order valence-electron chi connectivity index (χ4n) is 2.56. The molecule has 0 amide bonds. The van der Waals surface area contributed by atoms with E-state index in [0.29, 0.717) is 24.1 Å². The lowest BCUT2D eigenvalue weighted by Gasteiger charge is -2.33. The van der Waals surface area contributed by atoms with E-state index >= 15 is 0 Å². The monoisotopic (exact) mass is 357 g/mol. The van der Waals surface area contributed by atoms with E-state index < -0.39 is 23.5 Å². The third-order valence-electron chi connectivity index (χ3n) is 3.76. The van der Waals surface area contributed by atoms with Crippen molar-refractivity contribution in [3.63, 3.8) is 0 Å². The molecular weight excluding hydrogens is 336 g/mol. The van der Waals surface area contributed by atoms with E-state index in [0.717, 1.165) is 12.1 Å². The highest BCUT2D eigenvalue weighted by Crippen LogP contribution is 2.50. The normalized spacial score (nSPS) is 15.5. The van der Waals surface area contributed by atoms with Gasteiger partial charge < -0.3 is 10.8 Å². The third-order valence-corrected chi connectivity index (χ3v) is 3.76. The number of halogens is 6. The van der Waals surface area contributed by atoms with E-state index in [1.165, 1.54) is 0 Å². The lowest BCUT2D eigenvalue weighted by Crippen LogP contribution is -2.53. The molecule has 0 bridgehead atoms. The minimum absolute atomic E-state index is 0.110. The molecule has 0 radical (unpaired) electrons. The Kier molecular flexibility index (Phi) is 5.67. The van der Waals surface area contributed by atoms with Gasteiger partial charge in [0.25, 0.3) is 5.60 Å². The van der Waals surface area contributed by atoms with Gasteiger partial charge in [-0.2, -0.15) is 26.3 Å². The highest BCUT2D eigenvalue weighted by Gasteiger charge is 2.71. The second kappa shape index (κ2) is 6.55. The molecule has 0 aliphatic rings. The molecule has 0 aliphatic heterocycles. The van der Waals surface area contributed by atoms with Crippen LogP contribution in [0.25, 0.3) is 0 Å². The summed E-state index contributed by atoms with van der Waals surface area (Å²) < 4.78 is 77.1. The molecule has 0 heterocycles. The molecule has 0 fully saturated rings. The lowest BCUT2D eigenvalue weighted by atomic mass is 9.80. The Morgan fingerprint density at radius 3 is 1.62 bits per heavy atom. The van der Waals surface area contributed by atoms with Gasteiger partial charge in [-0.15, -0.1) is 0 Å². The van der Waals surface area contributed by atoms with Gasteiger partial charge in [-0.3, -0.25) is 0 Å². The fraction of sp³-hybridized carbons (Fsp3) is 0.625. The number of nitrogens with two attached hydrogens (primary N) is 1. The lowest BCUT2D eigenvalue weighted by molar-refractivity contribution is -0.376. The molecular formula is C16H21F6NO. The number of alkyl halides is 6. The molecule has 1 unspecified atom stereocenters. The van der Waals surface area contributed by atoms with Gasteiger partial charge in [0.1, 0.15) is 0 Å². The van der Waals surface area contributed by atoms with Crippen molar-refractivity contribution in [2.45, 2.75) is 51.1 Å². The molecule has 24 heavy (non-hydrogen) atoms. The van der Waals surface area contributed by atoms with Crippen LogP contribution in [0.4, 0.5) is 26.3 Å². The smallest absolute Gasteiger partial charge is 0.369 e. The quantitative estimate of drug-likeness (QED) is 0.781. The van der Waals surface area contributed by atoms with Gasteiger partial charge in [0.2, 0.25) is 0 Å². The standard InChI is InChI=1S/C16H21F6NO/c1-13(2,3)8-11(9-23)10-4-6-12(7-5-10)14(24,15(17,18)19)16(20,21)22/h4-7,11,24H,8-9,23H2,1-3H3. The maximum absolute atomic E-state index is 12.8. The Bertz CT molecular complexity index is 528. The first-order valence-corrected chi connectivity index (χ1v) is 7.30. The van der Waals surface area contributed by atoms with Gasteiger partial charge in [0.05, 0.1) is 0 Å². The van der Waals surface area contributed by atoms with E-state index in [1.54, 1.807) is 0 Å². The van der Waals surface area contributed by atoms with Gasteiger partial charge in [0.15, 0.2) is 0 Å². The van der Waals surface area contributed by atoms with E-state index in [2.05, 4.69) is 0 Å². The topological polar surface area (TPSA) is 46.2 Å². The zero-order chi connectivity index (χ0) is 19.0. The summed E-state index contributed by atoms with van der Waals surface area (Å²) in [6, 6.07) is 3.62. The minimum Gasteiger partial charge on any atom is -0.369 e. The van der Waals surface area contributed by atoms with Crippen LogP contribution in [-0.4, -0.2) is 24.0 Å². The number of aliphatic hydroxyl groups is 1. The SMILES string of the molecule is CC(C)(C)CC(CN)c1ccc(C(O)(C(F)(F)F)C(F)(F)F)cc1. The van der Waals surface area contributed by atoms with Crippen LogP contribution in [0, 0.1) is 5.41 Å². The largest absolute Gasteiger partial charge is 0.430 e. The molecule has 2 nitrogen and oxygen atoms in total. The van der Waals surface area contributed by atoms with Crippen molar-refractivity contribution in [1.82, 2.24) is 0 Å². The van der Waals surface area contributed by atoms with Crippen LogP contribution in [0.3, 0.4) is 0 Å². The van der Waals surface area contributed by atoms with Crippen LogP contribution in [0.2, 0.25) is 0 Å². The van der Waals surface area contributed by atoms with Crippen LogP contribution < -0.4 is 5.73 Å². The second-order valence-corrected chi connectivity index (χ2v) is 7.03. The van der Waals surface area contributed by atoms with Crippen LogP contribution >= 0.6 is 0 Å². The first-order valence-electron chi connectivity index (χ1n) is 7.30. The Labute approximate surface area is 136 Å². The molecule has 0 aromatic heterocycles. The molecule has 0 spiro atoms. The van der Waals surface area contributed by atoms with Gasteiger partial charge >= 0.3 is 12.4 Å². The Morgan fingerprint density at radius 1 is 0.917 bits per heavy atom. The van der Waals surface area contributed by atoms with Gasteiger partial charge in [0, 0.05) is 5.56 Å². The summed E-state index contributed by atoms with van der Waals surface area (Å²) in [5, 5.41) is 9.35. The first kappa shape index (κ1) is 20.8. The molecule has 138 valence electrons. The van der Waals surface area contributed by atoms with Crippen molar-refractivity contribution in [3.05, 3.63) is 35.4 Å². The van der Waals surface area contributed by atoms with Crippen LogP contribution in [-0.2, 0) is 5.60 Å². The molecule has 1 atom stereocenters. The zero-order valence-corrected chi connectivity index (χ0v) is 13.6. The molecule has 1 rings (SSSR count). The third kappa shape index (κ3) is 4.22. The van der Waals surface area contributed by atoms with Crippen molar-refractivity contribution in [3.8, 4) is 0 Å². The number of hydrogen-bond donors (Lipinski definition) is 2. The maximum atomic E-state index is 12.8. The highest BCUT2D eigenvalue weighted by atomic mass is 19.4. The molecule has 8 heteroatoms. The Balaban J connectivity index is 3.26. The van der Waals surface area contributed by atoms with Crippen molar-refractivity contribution in [1.29, 1.82) is 0 Å². The molecule has 0 saturated carbocycles. The Morgan fingerprint density at radius 2 is 1.33 bits per heavy atom. The second-order valence-electron chi connectivity index (χ2n) is 7.03. The van der Waals surface area contributed by atoms with Crippen molar-refractivity contribution in [2.75, 3.05) is 6.54 Å². The summed E-state index contributed by atoms with van der Waals surface area (Å²) >= 11 is 0. The molecule has 1 aromatic carbocycles. The summed E-state index contributed by atoms with van der Waals surface area (Å²) in [6.07, 6.45) is -11.2. The maximum Gasteiger partial charge on any atom is 0.430 e. The minimum atomic E-state index is -5.88. The summed E-state index contributed by atoms with van der Waals surface area (Å²) in [5.74, 6) is -0.205. The van der Waals surface area contributed by atoms with Gasteiger partial charge in [-0.1, -0.05) is 45.0 Å². The highest BCUT2D eigenvalue weighted by molar-refractivity contribution is 5.32. The van der Waals surface area contributed by atoms with Gasteiger partial charge in [-0.05, 0) is 29.9 Å². The Hall–Kier alpha value is -1.28.